The fraction of sp³-hybridized carbons (Fsp3) is 0.200. The second-order valence-electron chi connectivity index (χ2n) is 4.42. The number of nitrogens with one attached hydrogen (secondary N) is 1. The van der Waals surface area contributed by atoms with Crippen LogP contribution in [0.25, 0.3) is 0 Å². The minimum absolute atomic E-state index is 0.116. The van der Waals surface area contributed by atoms with Gasteiger partial charge in [0.05, 0.1) is 6.04 Å². The molecule has 3 aromatic rings. The Kier molecular flexibility index (Phi) is 4.20. The predicted octanol–water partition coefficient (Wildman–Crippen LogP) is 3.50. The van der Waals surface area contributed by atoms with Gasteiger partial charge < -0.3 is 5.32 Å². The molecular weight excluding hydrogens is 286 g/mol. The molecule has 3 rings (SSSR count). The van der Waals surface area contributed by atoms with E-state index in [1.807, 2.05) is 25.2 Å². The first-order chi connectivity index (χ1) is 9.86. The van der Waals surface area contributed by atoms with Crippen molar-refractivity contribution in [1.82, 2.24) is 15.5 Å². The quantitative estimate of drug-likeness (QED) is 0.784. The van der Waals surface area contributed by atoms with Crippen LogP contribution in [-0.2, 0) is 6.42 Å². The first-order valence-electron chi connectivity index (χ1n) is 6.43. The van der Waals surface area contributed by atoms with Gasteiger partial charge in [0.15, 0.2) is 0 Å². The molecule has 1 atom stereocenters. The van der Waals surface area contributed by atoms with E-state index >= 15 is 0 Å². The zero-order valence-electron chi connectivity index (χ0n) is 11.1. The summed E-state index contributed by atoms with van der Waals surface area (Å²) in [5.41, 5.74) is 1.22. The summed E-state index contributed by atoms with van der Waals surface area (Å²) in [5.74, 6) is 0. The van der Waals surface area contributed by atoms with Crippen LogP contribution < -0.4 is 5.32 Å². The molecule has 102 valence electrons. The average Bonchev–Trinajstić information content (AvgIpc) is 3.14. The van der Waals surface area contributed by atoms with Crippen LogP contribution in [0.5, 0.6) is 0 Å². The fourth-order valence-electron chi connectivity index (χ4n) is 2.10. The summed E-state index contributed by atoms with van der Waals surface area (Å²) < 4.78 is 0. The minimum atomic E-state index is 0.116. The molecule has 3 nitrogen and oxygen atoms in total. The molecule has 2 heterocycles. The van der Waals surface area contributed by atoms with E-state index in [4.69, 9.17) is 0 Å². The third-order valence-corrected chi connectivity index (χ3v) is 4.92. The van der Waals surface area contributed by atoms with Crippen LogP contribution in [0.15, 0.2) is 47.8 Å². The van der Waals surface area contributed by atoms with Gasteiger partial charge >= 0.3 is 0 Å². The largest absolute Gasteiger partial charge is 0.307 e. The van der Waals surface area contributed by atoms with E-state index in [2.05, 4.69) is 45.2 Å². The summed E-state index contributed by atoms with van der Waals surface area (Å²) >= 11 is 3.44. The molecule has 20 heavy (non-hydrogen) atoms. The van der Waals surface area contributed by atoms with Crippen LogP contribution in [0, 0.1) is 0 Å². The fourth-order valence-corrected chi connectivity index (χ4v) is 3.90. The Balaban J connectivity index is 1.81. The Morgan fingerprint density at radius 3 is 2.65 bits per heavy atom. The summed E-state index contributed by atoms with van der Waals surface area (Å²) in [7, 11) is 1.96. The van der Waals surface area contributed by atoms with Crippen molar-refractivity contribution in [1.29, 1.82) is 0 Å². The van der Waals surface area contributed by atoms with E-state index in [0.717, 1.165) is 16.4 Å². The molecule has 1 aromatic carbocycles. The molecule has 5 heteroatoms. The first kappa shape index (κ1) is 13.4. The van der Waals surface area contributed by atoms with Crippen LogP contribution in [0.2, 0.25) is 0 Å². The van der Waals surface area contributed by atoms with Gasteiger partial charge in [-0.2, -0.15) is 0 Å². The lowest BCUT2D eigenvalue weighted by Gasteiger charge is -2.12. The molecule has 0 fully saturated rings. The highest BCUT2D eigenvalue weighted by atomic mass is 32.1. The van der Waals surface area contributed by atoms with Crippen molar-refractivity contribution in [2.24, 2.45) is 0 Å². The maximum absolute atomic E-state index is 4.35. The van der Waals surface area contributed by atoms with Gasteiger partial charge in [-0.3, -0.25) is 0 Å². The molecular formula is C15H15N3S2. The molecule has 0 saturated carbocycles. The molecule has 0 bridgehead atoms. The Bertz CT molecular complexity index is 647. The number of rotatable bonds is 5. The molecule has 1 N–H and O–H groups in total. The minimum Gasteiger partial charge on any atom is -0.307 e. The van der Waals surface area contributed by atoms with Crippen LogP contribution in [0.3, 0.4) is 0 Å². The van der Waals surface area contributed by atoms with Crippen LogP contribution in [0.4, 0.5) is 0 Å². The molecule has 0 radical (unpaired) electrons. The SMILES string of the molecule is CNC(c1ccccc1)c1nnc(Cc2cccs2)s1. The smallest absolute Gasteiger partial charge is 0.139 e. The van der Waals surface area contributed by atoms with Gasteiger partial charge in [0.2, 0.25) is 0 Å². The number of nitrogens with zero attached hydrogens (tertiary/aromatic N) is 2. The van der Waals surface area contributed by atoms with Crippen molar-refractivity contribution in [3.63, 3.8) is 0 Å². The van der Waals surface area contributed by atoms with Crippen LogP contribution in [0.1, 0.15) is 26.5 Å². The van der Waals surface area contributed by atoms with Gasteiger partial charge in [-0.05, 0) is 24.1 Å². The van der Waals surface area contributed by atoms with Crippen molar-refractivity contribution in [3.05, 3.63) is 68.3 Å². The molecule has 0 aliphatic carbocycles. The van der Waals surface area contributed by atoms with Gasteiger partial charge in [0.25, 0.3) is 0 Å². The lowest BCUT2D eigenvalue weighted by molar-refractivity contribution is 0.677. The van der Waals surface area contributed by atoms with Crippen LogP contribution in [-0.4, -0.2) is 17.2 Å². The highest BCUT2D eigenvalue weighted by Gasteiger charge is 2.17. The molecule has 0 amide bonds. The first-order valence-corrected chi connectivity index (χ1v) is 8.13. The van der Waals surface area contributed by atoms with Gasteiger partial charge in [-0.15, -0.1) is 21.5 Å². The summed E-state index contributed by atoms with van der Waals surface area (Å²) in [4.78, 5) is 1.33. The number of aromatic nitrogens is 2. The zero-order chi connectivity index (χ0) is 13.8. The van der Waals surface area contributed by atoms with E-state index in [1.165, 1.54) is 10.4 Å². The van der Waals surface area contributed by atoms with E-state index in [9.17, 15) is 0 Å². The molecule has 0 aliphatic heterocycles. The highest BCUT2D eigenvalue weighted by molar-refractivity contribution is 7.12. The maximum Gasteiger partial charge on any atom is 0.139 e. The van der Waals surface area contributed by atoms with Crippen molar-refractivity contribution in [2.75, 3.05) is 7.05 Å². The number of hydrogen-bond donors (Lipinski definition) is 1. The van der Waals surface area contributed by atoms with E-state index < -0.39 is 0 Å². The van der Waals surface area contributed by atoms with Crippen molar-refractivity contribution >= 4 is 22.7 Å². The average molecular weight is 301 g/mol. The molecule has 0 aliphatic rings. The topological polar surface area (TPSA) is 37.8 Å². The third-order valence-electron chi connectivity index (χ3n) is 3.06. The van der Waals surface area contributed by atoms with Crippen molar-refractivity contribution in [2.45, 2.75) is 12.5 Å². The van der Waals surface area contributed by atoms with Crippen molar-refractivity contribution < 1.29 is 0 Å². The van der Waals surface area contributed by atoms with Crippen molar-refractivity contribution in [3.8, 4) is 0 Å². The standard InChI is InChI=1S/C15H15N3S2/c1-16-14(11-6-3-2-4-7-11)15-18-17-13(20-15)10-12-8-5-9-19-12/h2-9,14,16H,10H2,1H3. The number of thiophene rings is 1. The van der Waals surface area contributed by atoms with E-state index in [1.54, 1.807) is 22.7 Å². The molecule has 0 spiro atoms. The van der Waals surface area contributed by atoms with Gasteiger partial charge in [-0.25, -0.2) is 0 Å². The highest BCUT2D eigenvalue weighted by Crippen LogP contribution is 2.26. The molecule has 1 unspecified atom stereocenters. The summed E-state index contributed by atoms with van der Waals surface area (Å²) in [6.45, 7) is 0. The summed E-state index contributed by atoms with van der Waals surface area (Å²) in [6.07, 6.45) is 0.876. The second-order valence-corrected chi connectivity index (χ2v) is 6.55. The van der Waals surface area contributed by atoms with E-state index in [-0.39, 0.29) is 6.04 Å². The van der Waals surface area contributed by atoms with Crippen LogP contribution >= 0.6 is 22.7 Å². The Hall–Kier alpha value is -1.56. The van der Waals surface area contributed by atoms with E-state index in [0.29, 0.717) is 0 Å². The maximum atomic E-state index is 4.35. The van der Waals surface area contributed by atoms with Gasteiger partial charge in [0, 0.05) is 11.3 Å². The summed E-state index contributed by atoms with van der Waals surface area (Å²) in [5, 5.41) is 16.2. The zero-order valence-corrected chi connectivity index (χ0v) is 12.7. The second kappa shape index (κ2) is 6.26. The normalized spacial score (nSPS) is 12.4. The summed E-state index contributed by atoms with van der Waals surface area (Å²) in [6, 6.07) is 14.7. The predicted molar refractivity (Wildman–Crippen MR) is 84.4 cm³/mol. The monoisotopic (exact) mass is 301 g/mol. The molecule has 2 aromatic heterocycles. The Morgan fingerprint density at radius 2 is 1.95 bits per heavy atom. The number of benzene rings is 1. The Labute approximate surface area is 126 Å². The molecule has 0 saturated heterocycles. The lowest BCUT2D eigenvalue weighted by Crippen LogP contribution is -2.17. The number of hydrogen-bond acceptors (Lipinski definition) is 5. The lowest BCUT2D eigenvalue weighted by atomic mass is 10.1. The van der Waals surface area contributed by atoms with Gasteiger partial charge in [-0.1, -0.05) is 47.7 Å². The van der Waals surface area contributed by atoms with Gasteiger partial charge in [0.1, 0.15) is 10.0 Å². The third kappa shape index (κ3) is 2.95. The Morgan fingerprint density at radius 1 is 1.10 bits per heavy atom.